The van der Waals surface area contributed by atoms with Crippen LogP contribution in [0.5, 0.6) is 0 Å². The van der Waals surface area contributed by atoms with Crippen molar-refractivity contribution in [2.45, 2.75) is 38.5 Å². The summed E-state index contributed by atoms with van der Waals surface area (Å²) in [6, 6.07) is 14.2. The molecule has 6 heteroatoms. The zero-order chi connectivity index (χ0) is 20.9. The third-order valence-electron chi connectivity index (χ3n) is 5.48. The van der Waals surface area contributed by atoms with E-state index in [1.807, 2.05) is 24.3 Å². The molecule has 1 saturated carbocycles. The lowest BCUT2D eigenvalue weighted by Crippen LogP contribution is -2.18. The van der Waals surface area contributed by atoms with Crippen molar-refractivity contribution in [3.63, 3.8) is 0 Å². The molecule has 1 aliphatic rings. The van der Waals surface area contributed by atoms with E-state index in [4.69, 9.17) is 4.98 Å². The fraction of sp³-hybridized carbons (Fsp3) is 0.292. The average molecular weight is 515 g/mol. The molecule has 1 aromatic heterocycles. The van der Waals surface area contributed by atoms with Gasteiger partial charge in [-0.2, -0.15) is 0 Å². The minimum Gasteiger partial charge on any atom is -0.309 e. The molecule has 1 heterocycles. The van der Waals surface area contributed by atoms with Crippen LogP contribution < -0.4 is 5.32 Å². The van der Waals surface area contributed by atoms with Gasteiger partial charge in [0.2, 0.25) is 5.91 Å². The number of hydrogen-bond acceptors (Lipinski definition) is 3. The van der Waals surface area contributed by atoms with Crippen LogP contribution in [0.4, 0.5) is 10.2 Å². The van der Waals surface area contributed by atoms with Gasteiger partial charge in [0, 0.05) is 9.13 Å². The van der Waals surface area contributed by atoms with Crippen LogP contribution in [0.3, 0.4) is 0 Å². The predicted molar refractivity (Wildman–Crippen MR) is 125 cm³/mol. The molecule has 4 rings (SSSR count). The molecule has 4 nitrogen and oxygen atoms in total. The zero-order valence-corrected chi connectivity index (χ0v) is 18.7. The Morgan fingerprint density at radius 3 is 2.47 bits per heavy atom. The van der Waals surface area contributed by atoms with Gasteiger partial charge >= 0.3 is 0 Å². The number of nitrogens with one attached hydrogen (secondary N) is 1. The number of carbonyl (C=O) groups is 1. The van der Waals surface area contributed by atoms with Crippen molar-refractivity contribution in [1.29, 1.82) is 0 Å². The number of anilines is 1. The summed E-state index contributed by atoms with van der Waals surface area (Å²) in [5.74, 6) is 0.711. The average Bonchev–Trinajstić information content (AvgIpc) is 3.25. The van der Waals surface area contributed by atoms with Gasteiger partial charge < -0.3 is 5.32 Å². The molecule has 1 fully saturated rings. The first-order valence-corrected chi connectivity index (χ1v) is 11.3. The van der Waals surface area contributed by atoms with Crippen molar-refractivity contribution in [1.82, 2.24) is 9.97 Å². The number of aromatic nitrogens is 2. The van der Waals surface area contributed by atoms with Crippen LogP contribution in [0.25, 0.3) is 11.3 Å². The van der Waals surface area contributed by atoms with Crippen LogP contribution in [0.15, 0.2) is 54.7 Å². The quantitative estimate of drug-likeness (QED) is 0.423. The van der Waals surface area contributed by atoms with Gasteiger partial charge in [0.25, 0.3) is 0 Å². The molecule has 154 valence electrons. The topological polar surface area (TPSA) is 54.9 Å². The Morgan fingerprint density at radius 1 is 1.07 bits per heavy atom. The molecule has 0 radical (unpaired) electrons. The monoisotopic (exact) mass is 515 g/mol. The van der Waals surface area contributed by atoms with Gasteiger partial charge in [0.1, 0.15) is 5.82 Å². The van der Waals surface area contributed by atoms with Crippen molar-refractivity contribution in [2.24, 2.45) is 5.92 Å². The fourth-order valence-electron chi connectivity index (χ4n) is 3.89. The second-order valence-corrected chi connectivity index (χ2v) is 9.01. The van der Waals surface area contributed by atoms with Crippen molar-refractivity contribution in [3.8, 4) is 11.3 Å². The highest BCUT2D eigenvalue weighted by atomic mass is 127. The van der Waals surface area contributed by atoms with Gasteiger partial charge in [-0.15, -0.1) is 0 Å². The highest BCUT2D eigenvalue weighted by Gasteiger charge is 2.20. The summed E-state index contributed by atoms with van der Waals surface area (Å²) in [6.45, 7) is 0. The second-order valence-electron chi connectivity index (χ2n) is 7.76. The highest BCUT2D eigenvalue weighted by molar-refractivity contribution is 14.1. The van der Waals surface area contributed by atoms with Crippen LogP contribution in [0.1, 0.15) is 36.9 Å². The minimum absolute atomic E-state index is 0.104. The van der Waals surface area contributed by atoms with Crippen LogP contribution in [0.2, 0.25) is 0 Å². The van der Waals surface area contributed by atoms with Crippen molar-refractivity contribution in [3.05, 3.63) is 75.4 Å². The van der Waals surface area contributed by atoms with Crippen LogP contribution >= 0.6 is 22.6 Å². The van der Waals surface area contributed by atoms with Crippen LogP contribution in [0, 0.1) is 15.3 Å². The third kappa shape index (κ3) is 5.41. The number of nitrogens with zero attached hydrogens (tertiary/aromatic N) is 2. The summed E-state index contributed by atoms with van der Waals surface area (Å²) in [7, 11) is 0. The first-order chi connectivity index (χ1) is 14.6. The first kappa shape index (κ1) is 20.9. The van der Waals surface area contributed by atoms with E-state index in [9.17, 15) is 9.18 Å². The van der Waals surface area contributed by atoms with E-state index >= 15 is 0 Å². The number of hydrogen-bond donors (Lipinski definition) is 1. The molecular weight excluding hydrogens is 492 g/mol. The number of amides is 1. The molecule has 0 spiro atoms. The predicted octanol–water partition coefficient (Wildman–Crippen LogP) is 5.80. The molecule has 0 saturated heterocycles. The molecule has 30 heavy (non-hydrogen) atoms. The Kier molecular flexibility index (Phi) is 6.72. The SMILES string of the molecule is O=C(Cc1ccc(I)cc1)Nc1ncc(-c2ccc(F)cc2)nc1CC1CCCC1. The molecule has 2 aromatic carbocycles. The maximum atomic E-state index is 13.3. The van der Waals surface area contributed by atoms with E-state index in [1.165, 1.54) is 37.8 Å². The Bertz CT molecular complexity index is 1020. The lowest BCUT2D eigenvalue weighted by Gasteiger charge is -2.14. The standard InChI is InChI=1S/C24H23FIN3O/c25-19-9-7-18(8-10-19)22-15-27-24(21(28-22)13-16-3-1-2-4-16)29-23(30)14-17-5-11-20(26)12-6-17/h5-12,15-16H,1-4,13-14H2,(H,27,29,30). The molecule has 0 atom stereocenters. The van der Waals surface area contributed by atoms with Crippen molar-refractivity contribution >= 4 is 34.3 Å². The summed E-state index contributed by atoms with van der Waals surface area (Å²) in [6.07, 6.45) is 7.57. The molecular formula is C24H23FIN3O. The van der Waals surface area contributed by atoms with E-state index in [0.717, 1.165) is 26.8 Å². The molecule has 1 amide bonds. The summed E-state index contributed by atoms with van der Waals surface area (Å²) < 4.78 is 14.4. The molecule has 0 bridgehead atoms. The molecule has 0 aliphatic heterocycles. The van der Waals surface area contributed by atoms with Gasteiger partial charge in [0.05, 0.1) is 24.0 Å². The normalized spacial score (nSPS) is 14.1. The largest absolute Gasteiger partial charge is 0.309 e. The van der Waals surface area contributed by atoms with Crippen molar-refractivity contribution in [2.75, 3.05) is 5.32 Å². The fourth-order valence-corrected chi connectivity index (χ4v) is 4.25. The van der Waals surface area contributed by atoms with Gasteiger partial charge in [-0.3, -0.25) is 4.79 Å². The Morgan fingerprint density at radius 2 is 1.77 bits per heavy atom. The van der Waals surface area contributed by atoms with Gasteiger partial charge in [-0.25, -0.2) is 14.4 Å². The number of carbonyl (C=O) groups excluding carboxylic acids is 1. The summed E-state index contributed by atoms with van der Waals surface area (Å²) in [4.78, 5) is 22.0. The Labute approximate surface area is 189 Å². The van der Waals surface area contributed by atoms with E-state index < -0.39 is 0 Å². The number of benzene rings is 2. The zero-order valence-electron chi connectivity index (χ0n) is 16.6. The lowest BCUT2D eigenvalue weighted by molar-refractivity contribution is -0.115. The summed E-state index contributed by atoms with van der Waals surface area (Å²) >= 11 is 2.25. The Hall–Kier alpha value is -2.35. The molecule has 0 unspecified atom stereocenters. The highest BCUT2D eigenvalue weighted by Crippen LogP contribution is 2.30. The molecule has 1 N–H and O–H groups in total. The van der Waals surface area contributed by atoms with Gasteiger partial charge in [0.15, 0.2) is 5.82 Å². The van der Waals surface area contributed by atoms with E-state index in [2.05, 4.69) is 32.9 Å². The Balaban J connectivity index is 1.56. The van der Waals surface area contributed by atoms with E-state index in [1.54, 1.807) is 18.3 Å². The maximum absolute atomic E-state index is 13.3. The summed E-state index contributed by atoms with van der Waals surface area (Å²) in [5, 5.41) is 2.96. The van der Waals surface area contributed by atoms with E-state index in [0.29, 0.717) is 23.9 Å². The van der Waals surface area contributed by atoms with Crippen molar-refractivity contribution < 1.29 is 9.18 Å². The maximum Gasteiger partial charge on any atom is 0.229 e. The van der Waals surface area contributed by atoms with Crippen LogP contribution in [-0.2, 0) is 17.6 Å². The smallest absolute Gasteiger partial charge is 0.229 e. The van der Waals surface area contributed by atoms with Gasteiger partial charge in [-0.1, -0.05) is 37.8 Å². The number of halogens is 2. The molecule has 3 aromatic rings. The third-order valence-corrected chi connectivity index (χ3v) is 6.20. The minimum atomic E-state index is -0.280. The first-order valence-electron chi connectivity index (χ1n) is 10.2. The molecule has 1 aliphatic carbocycles. The summed E-state index contributed by atoms with van der Waals surface area (Å²) in [5.41, 5.74) is 3.27. The number of rotatable bonds is 6. The van der Waals surface area contributed by atoms with E-state index in [-0.39, 0.29) is 11.7 Å². The lowest BCUT2D eigenvalue weighted by atomic mass is 10.0. The van der Waals surface area contributed by atoms with Crippen LogP contribution in [-0.4, -0.2) is 15.9 Å². The second kappa shape index (κ2) is 9.64. The van der Waals surface area contributed by atoms with Gasteiger partial charge in [-0.05, 0) is 76.9 Å².